The quantitative estimate of drug-likeness (QED) is 0.667. The van der Waals surface area contributed by atoms with Crippen LogP contribution in [0.15, 0.2) is 30.3 Å². The maximum atomic E-state index is 2.45. The van der Waals surface area contributed by atoms with Crippen LogP contribution in [0.2, 0.25) is 24.8 Å². The van der Waals surface area contributed by atoms with Crippen LogP contribution >= 0.6 is 0 Å². The molecule has 0 fully saturated rings. The summed E-state index contributed by atoms with van der Waals surface area (Å²) in [6.45, 7) is 9.76. The Morgan fingerprint density at radius 1 is 1.08 bits per heavy atom. The van der Waals surface area contributed by atoms with Gasteiger partial charge in [-0.3, -0.25) is 0 Å². The van der Waals surface area contributed by atoms with E-state index in [4.69, 9.17) is 0 Å². The van der Waals surface area contributed by atoms with E-state index < -0.39 is 8.07 Å². The molecule has 1 aromatic rings. The molecule has 0 aromatic heterocycles. The number of hydrogen-bond donors (Lipinski definition) is 0. The van der Waals surface area contributed by atoms with Gasteiger partial charge in [-0.25, -0.2) is 0 Å². The molecule has 0 saturated carbocycles. The second kappa shape index (κ2) is 4.24. The van der Waals surface area contributed by atoms with Gasteiger partial charge in [0.1, 0.15) is 0 Å². The minimum atomic E-state index is -0.931. The van der Waals surface area contributed by atoms with Crippen LogP contribution in [-0.4, -0.2) is 17.6 Å². The average Bonchev–Trinajstić information content (AvgIpc) is 2.04. The maximum absolute atomic E-state index is 2.45. The zero-order chi connectivity index (χ0) is 9.90. The summed E-state index contributed by atoms with van der Waals surface area (Å²) in [7, 11) is 0.0603. The SMILES string of the molecule is CC([Si]c1ccccc1)[Si](C)(C)C. The summed E-state index contributed by atoms with van der Waals surface area (Å²) < 4.78 is 0. The predicted molar refractivity (Wildman–Crippen MR) is 64.6 cm³/mol. The normalized spacial score (nSPS) is 14.2. The molecule has 0 spiro atoms. The van der Waals surface area contributed by atoms with E-state index in [1.54, 1.807) is 0 Å². The molecule has 2 heteroatoms. The standard InChI is InChI=1S/C11H18Si2/c1-10(13(2,3)4)12-11-8-6-5-7-9-11/h5-10H,1-4H3. The fraction of sp³-hybridized carbons (Fsp3) is 0.455. The first-order valence-corrected chi connectivity index (χ1v) is 9.47. The summed E-state index contributed by atoms with van der Waals surface area (Å²) in [6, 6.07) is 10.9. The van der Waals surface area contributed by atoms with Gasteiger partial charge in [0, 0.05) is 8.07 Å². The number of hydrogen-bond acceptors (Lipinski definition) is 0. The van der Waals surface area contributed by atoms with Crippen molar-refractivity contribution in [2.45, 2.75) is 31.7 Å². The molecular weight excluding hydrogens is 188 g/mol. The molecular formula is C11H18Si2. The van der Waals surface area contributed by atoms with E-state index in [1.807, 2.05) is 0 Å². The molecule has 0 heterocycles. The molecule has 0 aliphatic rings. The van der Waals surface area contributed by atoms with Crippen LogP contribution < -0.4 is 5.19 Å². The van der Waals surface area contributed by atoms with Crippen LogP contribution in [0.1, 0.15) is 6.92 Å². The highest BCUT2D eigenvalue weighted by molar-refractivity contribution is 6.87. The molecule has 1 rings (SSSR count). The van der Waals surface area contributed by atoms with E-state index in [9.17, 15) is 0 Å². The highest BCUT2D eigenvalue weighted by atomic mass is 28.4. The molecule has 0 saturated heterocycles. The van der Waals surface area contributed by atoms with Gasteiger partial charge in [-0.1, -0.05) is 67.2 Å². The van der Waals surface area contributed by atoms with Gasteiger partial charge in [-0.05, 0) is 0 Å². The Morgan fingerprint density at radius 3 is 2.08 bits per heavy atom. The van der Waals surface area contributed by atoms with E-state index in [1.165, 1.54) is 5.19 Å². The first kappa shape index (κ1) is 10.7. The van der Waals surface area contributed by atoms with Crippen molar-refractivity contribution < 1.29 is 0 Å². The molecule has 0 aliphatic carbocycles. The van der Waals surface area contributed by atoms with Crippen LogP contribution in [0, 0.1) is 0 Å². The summed E-state index contributed by atoms with van der Waals surface area (Å²) in [5.74, 6) is 0. The average molecular weight is 206 g/mol. The Hall–Kier alpha value is -0.346. The smallest absolute Gasteiger partial charge is 0.0696 e. The van der Waals surface area contributed by atoms with Crippen LogP contribution in [-0.2, 0) is 0 Å². The molecule has 0 bridgehead atoms. The lowest BCUT2D eigenvalue weighted by molar-refractivity contribution is 1.24. The summed E-state index contributed by atoms with van der Waals surface area (Å²) in [5, 5.41) is 2.41. The highest BCUT2D eigenvalue weighted by Gasteiger charge is 2.22. The van der Waals surface area contributed by atoms with Gasteiger partial charge in [0.05, 0.1) is 9.52 Å². The lowest BCUT2D eigenvalue weighted by atomic mass is 10.4. The van der Waals surface area contributed by atoms with Crippen molar-refractivity contribution in [1.29, 1.82) is 0 Å². The third-order valence-corrected chi connectivity index (χ3v) is 9.18. The van der Waals surface area contributed by atoms with Crippen LogP contribution in [0.3, 0.4) is 0 Å². The monoisotopic (exact) mass is 206 g/mol. The third-order valence-electron chi connectivity index (χ3n) is 2.46. The largest absolute Gasteiger partial charge is 0.0809 e. The van der Waals surface area contributed by atoms with Gasteiger partial charge >= 0.3 is 0 Å². The molecule has 0 amide bonds. The highest BCUT2D eigenvalue weighted by Crippen LogP contribution is 2.18. The Morgan fingerprint density at radius 2 is 1.62 bits per heavy atom. The van der Waals surface area contributed by atoms with E-state index in [-0.39, 0.29) is 0 Å². The van der Waals surface area contributed by atoms with Gasteiger partial charge in [-0.2, -0.15) is 0 Å². The van der Waals surface area contributed by atoms with E-state index in [0.29, 0.717) is 0 Å². The van der Waals surface area contributed by atoms with Gasteiger partial charge in [0.25, 0.3) is 0 Å². The Bertz CT molecular complexity index is 249. The van der Waals surface area contributed by atoms with Crippen molar-refractivity contribution in [3.05, 3.63) is 30.3 Å². The third kappa shape index (κ3) is 3.48. The minimum absolute atomic E-state index is 0.898. The lowest BCUT2D eigenvalue weighted by Gasteiger charge is -2.24. The maximum Gasteiger partial charge on any atom is 0.0809 e. The second-order valence-electron chi connectivity index (χ2n) is 4.60. The van der Waals surface area contributed by atoms with Crippen molar-refractivity contribution >= 4 is 22.8 Å². The van der Waals surface area contributed by atoms with Crippen molar-refractivity contribution in [2.75, 3.05) is 0 Å². The van der Waals surface area contributed by atoms with Gasteiger partial charge in [0.15, 0.2) is 0 Å². The molecule has 70 valence electrons. The summed E-state index contributed by atoms with van der Waals surface area (Å²) in [4.78, 5) is 0. The molecule has 0 N–H and O–H groups in total. The molecule has 1 aromatic carbocycles. The van der Waals surface area contributed by atoms with Crippen LogP contribution in [0.5, 0.6) is 0 Å². The van der Waals surface area contributed by atoms with E-state index >= 15 is 0 Å². The molecule has 2 radical (unpaired) electrons. The fourth-order valence-corrected chi connectivity index (χ4v) is 4.12. The zero-order valence-corrected chi connectivity index (χ0v) is 11.0. The molecule has 13 heavy (non-hydrogen) atoms. The molecule has 1 unspecified atom stereocenters. The summed E-state index contributed by atoms with van der Waals surface area (Å²) >= 11 is 0. The van der Waals surface area contributed by atoms with Crippen LogP contribution in [0.25, 0.3) is 0 Å². The Kier molecular flexibility index (Phi) is 3.50. The first-order chi connectivity index (χ1) is 6.00. The molecule has 1 atom stereocenters. The van der Waals surface area contributed by atoms with Crippen molar-refractivity contribution in [1.82, 2.24) is 0 Å². The predicted octanol–water partition coefficient (Wildman–Crippen LogP) is 2.70. The van der Waals surface area contributed by atoms with E-state index in [2.05, 4.69) is 56.9 Å². The van der Waals surface area contributed by atoms with Crippen molar-refractivity contribution in [3.63, 3.8) is 0 Å². The van der Waals surface area contributed by atoms with Gasteiger partial charge < -0.3 is 0 Å². The topological polar surface area (TPSA) is 0 Å². The van der Waals surface area contributed by atoms with Crippen molar-refractivity contribution in [2.24, 2.45) is 0 Å². The van der Waals surface area contributed by atoms with E-state index in [0.717, 1.165) is 14.7 Å². The second-order valence-corrected chi connectivity index (χ2v) is 12.5. The summed E-state index contributed by atoms with van der Waals surface area (Å²) in [5.41, 5.74) is 0. The molecule has 0 aliphatic heterocycles. The van der Waals surface area contributed by atoms with Gasteiger partial charge in [0.2, 0.25) is 0 Å². The summed E-state index contributed by atoms with van der Waals surface area (Å²) in [6.07, 6.45) is 0. The lowest BCUT2D eigenvalue weighted by Crippen LogP contribution is -2.34. The minimum Gasteiger partial charge on any atom is -0.0696 e. The molecule has 0 nitrogen and oxygen atoms in total. The first-order valence-electron chi connectivity index (χ1n) is 4.82. The van der Waals surface area contributed by atoms with Crippen molar-refractivity contribution in [3.8, 4) is 0 Å². The number of benzene rings is 1. The Labute approximate surface area is 85.2 Å². The fourth-order valence-electron chi connectivity index (χ4n) is 1.00. The Balaban J connectivity index is 2.61. The zero-order valence-electron chi connectivity index (χ0n) is 8.96. The number of rotatable bonds is 3. The van der Waals surface area contributed by atoms with Crippen LogP contribution in [0.4, 0.5) is 0 Å². The van der Waals surface area contributed by atoms with Gasteiger partial charge in [-0.15, -0.1) is 0 Å².